The predicted octanol–water partition coefficient (Wildman–Crippen LogP) is 7.52. The van der Waals surface area contributed by atoms with Crippen molar-refractivity contribution in [1.29, 1.82) is 0 Å². The molecule has 1 aromatic rings. The first-order chi connectivity index (χ1) is 25.2. The quantitative estimate of drug-likeness (QED) is 0.103. The number of carboxylic acids is 2. The molecule has 8 nitrogen and oxygen atoms in total. The zero-order valence-corrected chi connectivity index (χ0v) is 34.9. The molecule has 2 N–H and O–H groups in total. The Kier molecular flexibility index (Phi) is 27.2. The van der Waals surface area contributed by atoms with Gasteiger partial charge >= 0.3 is 12.4 Å². The van der Waals surface area contributed by atoms with E-state index in [1.165, 1.54) is 128 Å². The third-order valence-electron chi connectivity index (χ3n) is 10.6. The fourth-order valence-electron chi connectivity index (χ4n) is 7.67. The van der Waals surface area contributed by atoms with Crippen molar-refractivity contribution in [3.8, 4) is 0 Å². The van der Waals surface area contributed by atoms with Crippen LogP contribution in [0.1, 0.15) is 177 Å². The van der Waals surface area contributed by atoms with Crippen LogP contribution < -0.4 is 20.1 Å². The first kappa shape index (κ1) is 53.8. The molecule has 320 valence electrons. The van der Waals surface area contributed by atoms with Crippen LogP contribution >= 0.6 is 0 Å². The van der Waals surface area contributed by atoms with Crippen LogP contribution in [0.4, 0.5) is 26.3 Å². The van der Waals surface area contributed by atoms with Crippen molar-refractivity contribution in [3.05, 3.63) is 18.7 Å². The fourth-order valence-corrected chi connectivity index (χ4v) is 7.67. The molecule has 54 heavy (non-hydrogen) atoms. The molecule has 0 amide bonds. The second kappa shape index (κ2) is 27.3. The van der Waals surface area contributed by atoms with E-state index in [0.717, 1.165) is 6.54 Å². The number of aromatic nitrogens is 2. The largest absolute Gasteiger partial charge is 0.542 e. The number of imidazole rings is 1. The maximum atomic E-state index is 10.5. The minimum absolute atomic E-state index is 0.328. The highest BCUT2D eigenvalue weighted by molar-refractivity contribution is 5.71. The number of aliphatic carboxylic acids is 2. The summed E-state index contributed by atoms with van der Waals surface area (Å²) in [7, 11) is 4.61. The minimum Gasteiger partial charge on any atom is -0.542 e. The predicted molar refractivity (Wildman–Crippen MR) is 198 cm³/mol. The number of halogens is 6. The van der Waals surface area contributed by atoms with E-state index in [9.17, 15) is 26.3 Å². The summed E-state index contributed by atoms with van der Waals surface area (Å²) in [5.74, 6) is -6.01. The molecule has 0 bridgehead atoms. The lowest BCUT2D eigenvalue weighted by Gasteiger charge is -2.47. The van der Waals surface area contributed by atoms with Crippen LogP contribution in [0.25, 0.3) is 0 Å². The lowest BCUT2D eigenvalue weighted by molar-refractivity contribution is -0.782. The highest BCUT2D eigenvalue weighted by Gasteiger charge is 2.68. The molecule has 0 aliphatic carbocycles. The number of quaternary nitrogens is 1. The Labute approximate surface area is 322 Å². The molecule has 0 saturated carbocycles. The van der Waals surface area contributed by atoms with Crippen LogP contribution in [0, 0.1) is 0 Å². The monoisotopic (exact) mass is 789 g/mol. The molecule has 0 unspecified atom stereocenters. The molecule has 1 aliphatic heterocycles. The molecule has 1 aliphatic rings. The molecule has 2 heterocycles. The number of hydrogen-bond acceptors (Lipinski definition) is 5. The molecule has 0 spiro atoms. The summed E-state index contributed by atoms with van der Waals surface area (Å²) in [6, 6.07) is 0. The zero-order valence-electron chi connectivity index (χ0n) is 34.9. The van der Waals surface area contributed by atoms with E-state index in [1.54, 1.807) is 0 Å². The van der Waals surface area contributed by atoms with Crippen molar-refractivity contribution in [1.82, 2.24) is 9.47 Å². The summed E-state index contributed by atoms with van der Waals surface area (Å²) >= 11 is 0. The Hall–Kier alpha value is -2.35. The SMILES string of the molecule is CCCCC1(CCCC)[NH2+]C(CCCC)(CCCC)C(CCCC)(CCCC)N1C.CCCCn1cc[n+](C)c1.O=C([O-])C(F)(F)F.O=C([O-])C(F)(F)F. The number of rotatable bonds is 21. The number of alkyl halides is 6. The van der Waals surface area contributed by atoms with Gasteiger partial charge in [-0.3, -0.25) is 0 Å². The lowest BCUT2D eigenvalue weighted by Crippen LogP contribution is -3.04. The highest BCUT2D eigenvalue weighted by Crippen LogP contribution is 2.49. The first-order valence-electron chi connectivity index (χ1n) is 20.4. The Morgan fingerprint density at radius 3 is 1.26 bits per heavy atom. The number of carbonyl (C=O) groups is 2. The zero-order chi connectivity index (χ0) is 42.1. The highest BCUT2D eigenvalue weighted by atomic mass is 19.4. The number of likely N-dealkylation sites (N-methyl/N-ethyl adjacent to an activating group) is 1. The van der Waals surface area contributed by atoms with Gasteiger partial charge < -0.3 is 25.1 Å². The Morgan fingerprint density at radius 1 is 0.630 bits per heavy atom. The third-order valence-corrected chi connectivity index (χ3v) is 10.6. The Morgan fingerprint density at radius 2 is 0.963 bits per heavy atom. The summed E-state index contributed by atoms with van der Waals surface area (Å²) in [5, 5.41) is 20.6. The molecule has 1 saturated heterocycles. The maximum absolute atomic E-state index is 10.5. The second-order valence-corrected chi connectivity index (χ2v) is 14.9. The summed E-state index contributed by atoms with van der Waals surface area (Å²) in [6.07, 6.45) is 23.1. The molecule has 1 aromatic heterocycles. The van der Waals surface area contributed by atoms with Gasteiger partial charge in [0.1, 0.15) is 29.9 Å². The van der Waals surface area contributed by atoms with Gasteiger partial charge in [-0.15, -0.1) is 0 Å². The Balaban J connectivity index is 0. The van der Waals surface area contributed by atoms with E-state index in [-0.39, 0.29) is 0 Å². The van der Waals surface area contributed by atoms with Gasteiger partial charge in [0.05, 0.1) is 19.1 Å². The van der Waals surface area contributed by atoms with Crippen molar-refractivity contribution < 1.29 is 56.0 Å². The van der Waals surface area contributed by atoms with Gasteiger partial charge in [-0.05, 0) is 52.0 Å². The third kappa shape index (κ3) is 18.5. The fraction of sp³-hybridized carbons (Fsp3) is 0.875. The van der Waals surface area contributed by atoms with Crippen molar-refractivity contribution in [2.24, 2.45) is 7.05 Å². The van der Waals surface area contributed by atoms with E-state index in [4.69, 9.17) is 19.8 Å². The molecule has 0 aromatic carbocycles. The molecule has 2 rings (SSSR count). The summed E-state index contributed by atoms with van der Waals surface area (Å²) in [6.45, 7) is 17.7. The second-order valence-electron chi connectivity index (χ2n) is 14.9. The standard InChI is InChI=1S/C28H58N2.C8H15N2.2C2HF3O2/c1-8-14-20-26(21-15-9-2)27(22-16-10-3,23-17-11-4)30(7)28(29-26,24-18-12-5)25-19-13-6;1-3-4-5-10-7-6-9(2)8-10;2*3-2(4,5)1(6)7/h29H,8-25H2,1-7H3;6-8H,3-5H2,1-2H3;2*(H,6,7)/q;+1;;/p-1. The molecule has 1 fully saturated rings. The van der Waals surface area contributed by atoms with E-state index in [0.29, 0.717) is 16.7 Å². The normalized spacial score (nSPS) is 16.0. The average Bonchev–Trinajstić information content (AvgIpc) is 3.61. The summed E-state index contributed by atoms with van der Waals surface area (Å²) in [5.41, 5.74) is 1.12. The molecule has 14 heteroatoms. The van der Waals surface area contributed by atoms with Crippen molar-refractivity contribution in [2.45, 2.75) is 213 Å². The van der Waals surface area contributed by atoms with Crippen LogP contribution in [-0.4, -0.2) is 57.5 Å². The van der Waals surface area contributed by atoms with E-state index in [2.05, 4.69) is 93.6 Å². The van der Waals surface area contributed by atoms with Crippen LogP contribution in [0.2, 0.25) is 0 Å². The van der Waals surface area contributed by atoms with Gasteiger partial charge in [0.2, 0.25) is 6.33 Å². The first-order valence-corrected chi connectivity index (χ1v) is 20.4. The number of unbranched alkanes of at least 4 members (excludes halogenated alkanes) is 7. The number of carboxylic acid groups (broad SMARTS) is 2. The number of aryl methyl sites for hydroxylation is 2. The topological polar surface area (TPSA) is 109 Å². The number of nitrogens with two attached hydrogens (primary N) is 1. The molecule has 0 atom stereocenters. The van der Waals surface area contributed by atoms with Crippen molar-refractivity contribution in [2.75, 3.05) is 7.05 Å². The van der Waals surface area contributed by atoms with Gasteiger partial charge in [-0.25, -0.2) is 14.0 Å². The van der Waals surface area contributed by atoms with E-state index < -0.39 is 24.3 Å². The molecular formula is C40H74F6N4O4. The van der Waals surface area contributed by atoms with Crippen molar-refractivity contribution >= 4 is 11.9 Å². The van der Waals surface area contributed by atoms with Gasteiger partial charge in [-0.2, -0.15) is 26.3 Å². The van der Waals surface area contributed by atoms with Crippen molar-refractivity contribution in [3.63, 3.8) is 0 Å². The average molecular weight is 789 g/mol. The number of carbonyl (C=O) groups excluding carboxylic acids is 2. The van der Waals surface area contributed by atoms with Gasteiger partial charge in [0, 0.05) is 25.7 Å². The van der Waals surface area contributed by atoms with Crippen LogP contribution in [0.15, 0.2) is 18.7 Å². The summed E-state index contributed by atoms with van der Waals surface area (Å²) in [4.78, 5) is 20.6. The number of nitrogens with zero attached hydrogens (tertiary/aromatic N) is 3. The maximum Gasteiger partial charge on any atom is 0.430 e. The lowest BCUT2D eigenvalue weighted by atomic mass is 9.66. The van der Waals surface area contributed by atoms with Crippen LogP contribution in [0.5, 0.6) is 0 Å². The summed E-state index contributed by atoms with van der Waals surface area (Å²) < 4.78 is 67.4. The van der Waals surface area contributed by atoms with Gasteiger partial charge in [-0.1, -0.05) is 106 Å². The van der Waals surface area contributed by atoms with Crippen LogP contribution in [-0.2, 0) is 23.2 Å². The van der Waals surface area contributed by atoms with Crippen LogP contribution in [0.3, 0.4) is 0 Å². The van der Waals surface area contributed by atoms with E-state index in [1.807, 2.05) is 7.05 Å². The van der Waals surface area contributed by atoms with E-state index >= 15 is 0 Å². The van der Waals surface area contributed by atoms with Gasteiger partial charge in [0.15, 0.2) is 5.66 Å². The number of hydrogen-bond donors (Lipinski definition) is 1. The minimum atomic E-state index is -5.19. The Bertz CT molecular complexity index is 1080. The molecular weight excluding hydrogens is 714 g/mol. The smallest absolute Gasteiger partial charge is 0.430 e. The van der Waals surface area contributed by atoms with Gasteiger partial charge in [0.25, 0.3) is 0 Å². The molecule has 0 radical (unpaired) electrons.